The van der Waals surface area contributed by atoms with Gasteiger partial charge in [0.2, 0.25) is 5.88 Å². The molecule has 1 amide bonds. The fraction of sp³-hybridized carbons (Fsp3) is 0.571. The van der Waals surface area contributed by atoms with Crippen molar-refractivity contribution >= 4 is 5.91 Å². The number of ether oxygens (including phenoxy) is 1. The van der Waals surface area contributed by atoms with E-state index in [0.717, 1.165) is 6.42 Å². The van der Waals surface area contributed by atoms with Gasteiger partial charge in [-0.05, 0) is 31.4 Å². The fourth-order valence-electron chi connectivity index (χ4n) is 2.21. The van der Waals surface area contributed by atoms with Crippen LogP contribution in [0.2, 0.25) is 0 Å². The lowest BCUT2D eigenvalue weighted by atomic mass is 9.95. The number of hydrogen-bond acceptors (Lipinski definition) is 4. The number of aliphatic hydroxyl groups is 1. The molecule has 2 unspecified atom stereocenters. The number of pyridine rings is 1. The van der Waals surface area contributed by atoms with Gasteiger partial charge in [0.25, 0.3) is 5.91 Å². The van der Waals surface area contributed by atoms with Gasteiger partial charge in [-0.15, -0.1) is 0 Å². The quantitative estimate of drug-likeness (QED) is 0.894. The Balaban J connectivity index is 2.15. The highest BCUT2D eigenvalue weighted by molar-refractivity contribution is 5.96. The van der Waals surface area contributed by atoms with Gasteiger partial charge in [0.1, 0.15) is 5.56 Å². The van der Waals surface area contributed by atoms with E-state index in [1.807, 2.05) is 13.8 Å². The first-order valence-electron chi connectivity index (χ1n) is 6.68. The molecule has 2 atom stereocenters. The van der Waals surface area contributed by atoms with Crippen molar-refractivity contribution in [2.24, 2.45) is 5.92 Å². The third-order valence-corrected chi connectivity index (χ3v) is 3.49. The standard InChI is InChI=1S/C14H20N2O3/c1-3-19-13-11(5-4-7-15-13)14(18)16-8-6-10(2)12(17)9-16/h4-5,7,10,12,17H,3,6,8-9H2,1-2H3. The topological polar surface area (TPSA) is 62.7 Å². The van der Waals surface area contributed by atoms with Crippen molar-refractivity contribution in [1.82, 2.24) is 9.88 Å². The summed E-state index contributed by atoms with van der Waals surface area (Å²) < 4.78 is 5.38. The zero-order chi connectivity index (χ0) is 13.8. The van der Waals surface area contributed by atoms with Crippen LogP contribution in [0.4, 0.5) is 0 Å². The molecule has 0 aliphatic carbocycles. The first-order chi connectivity index (χ1) is 9.13. The van der Waals surface area contributed by atoms with Crippen molar-refractivity contribution in [3.63, 3.8) is 0 Å². The van der Waals surface area contributed by atoms with E-state index >= 15 is 0 Å². The Morgan fingerprint density at radius 1 is 1.63 bits per heavy atom. The van der Waals surface area contributed by atoms with Gasteiger partial charge in [-0.3, -0.25) is 4.79 Å². The molecule has 0 radical (unpaired) electrons. The maximum atomic E-state index is 12.4. The number of amides is 1. The molecule has 1 aliphatic heterocycles. The molecule has 1 aliphatic rings. The third kappa shape index (κ3) is 3.04. The number of rotatable bonds is 3. The maximum absolute atomic E-state index is 12.4. The number of carbonyl (C=O) groups excluding carboxylic acids is 1. The number of likely N-dealkylation sites (tertiary alicyclic amines) is 1. The predicted octanol–water partition coefficient (Wildman–Crippen LogP) is 1.32. The summed E-state index contributed by atoms with van der Waals surface area (Å²) >= 11 is 0. The molecule has 5 heteroatoms. The zero-order valence-corrected chi connectivity index (χ0v) is 11.4. The molecular weight excluding hydrogens is 244 g/mol. The van der Waals surface area contributed by atoms with Gasteiger partial charge < -0.3 is 14.7 Å². The van der Waals surface area contributed by atoms with E-state index in [2.05, 4.69) is 4.98 Å². The van der Waals surface area contributed by atoms with E-state index in [0.29, 0.717) is 31.1 Å². The van der Waals surface area contributed by atoms with Crippen LogP contribution in [0.5, 0.6) is 5.88 Å². The van der Waals surface area contributed by atoms with E-state index in [1.165, 1.54) is 0 Å². The highest BCUT2D eigenvalue weighted by Crippen LogP contribution is 2.22. The van der Waals surface area contributed by atoms with Gasteiger partial charge in [-0.25, -0.2) is 4.98 Å². The minimum atomic E-state index is -0.454. The summed E-state index contributed by atoms with van der Waals surface area (Å²) in [7, 11) is 0. The van der Waals surface area contributed by atoms with E-state index in [1.54, 1.807) is 23.2 Å². The number of carbonyl (C=O) groups is 1. The molecule has 1 fully saturated rings. The highest BCUT2D eigenvalue weighted by Gasteiger charge is 2.29. The summed E-state index contributed by atoms with van der Waals surface area (Å²) in [6, 6.07) is 3.43. The molecule has 2 rings (SSSR count). The molecule has 0 aromatic carbocycles. The van der Waals surface area contributed by atoms with Crippen LogP contribution < -0.4 is 4.74 Å². The first-order valence-corrected chi connectivity index (χ1v) is 6.68. The van der Waals surface area contributed by atoms with Crippen molar-refractivity contribution in [1.29, 1.82) is 0 Å². The first kappa shape index (κ1) is 13.8. The second-order valence-corrected chi connectivity index (χ2v) is 4.87. The Labute approximate surface area is 113 Å². The predicted molar refractivity (Wildman–Crippen MR) is 71.1 cm³/mol. The Bertz CT molecular complexity index is 450. The normalized spacial score (nSPS) is 23.2. The van der Waals surface area contributed by atoms with E-state index in [4.69, 9.17) is 4.74 Å². The zero-order valence-electron chi connectivity index (χ0n) is 11.4. The second-order valence-electron chi connectivity index (χ2n) is 4.87. The Kier molecular flexibility index (Phi) is 4.37. The lowest BCUT2D eigenvalue weighted by Gasteiger charge is -2.34. The lowest BCUT2D eigenvalue weighted by molar-refractivity contribution is 0.0246. The van der Waals surface area contributed by atoms with Crippen molar-refractivity contribution in [3.05, 3.63) is 23.9 Å². The van der Waals surface area contributed by atoms with Crippen LogP contribution in [-0.4, -0.2) is 46.7 Å². The second kappa shape index (κ2) is 6.02. The van der Waals surface area contributed by atoms with Crippen LogP contribution in [0, 0.1) is 5.92 Å². The molecule has 0 spiro atoms. The van der Waals surface area contributed by atoms with Gasteiger partial charge >= 0.3 is 0 Å². The summed E-state index contributed by atoms with van der Waals surface area (Å²) in [5.41, 5.74) is 0.464. The molecule has 1 saturated heterocycles. The van der Waals surface area contributed by atoms with Crippen LogP contribution in [0.1, 0.15) is 30.6 Å². The number of aromatic nitrogens is 1. The molecule has 0 bridgehead atoms. The lowest BCUT2D eigenvalue weighted by Crippen LogP contribution is -2.45. The fourth-order valence-corrected chi connectivity index (χ4v) is 2.21. The summed E-state index contributed by atoms with van der Waals surface area (Å²) in [6.45, 7) is 5.37. The number of hydrogen-bond donors (Lipinski definition) is 1. The monoisotopic (exact) mass is 264 g/mol. The van der Waals surface area contributed by atoms with Crippen molar-refractivity contribution in [2.75, 3.05) is 19.7 Å². The minimum Gasteiger partial charge on any atom is -0.477 e. The largest absolute Gasteiger partial charge is 0.477 e. The molecule has 1 aromatic heterocycles. The smallest absolute Gasteiger partial charge is 0.259 e. The maximum Gasteiger partial charge on any atom is 0.259 e. The molecule has 5 nitrogen and oxygen atoms in total. The van der Waals surface area contributed by atoms with Crippen molar-refractivity contribution < 1.29 is 14.6 Å². The average Bonchev–Trinajstić information content (AvgIpc) is 2.42. The molecular formula is C14H20N2O3. The molecule has 19 heavy (non-hydrogen) atoms. The SMILES string of the molecule is CCOc1ncccc1C(=O)N1CCC(C)C(O)C1. The van der Waals surface area contributed by atoms with Gasteiger partial charge in [0, 0.05) is 19.3 Å². The molecule has 104 valence electrons. The van der Waals surface area contributed by atoms with Crippen LogP contribution >= 0.6 is 0 Å². The van der Waals surface area contributed by atoms with Crippen molar-refractivity contribution in [2.45, 2.75) is 26.4 Å². The number of aliphatic hydroxyl groups excluding tert-OH is 1. The average molecular weight is 264 g/mol. The summed E-state index contributed by atoms with van der Waals surface area (Å²) in [5.74, 6) is 0.481. The van der Waals surface area contributed by atoms with Gasteiger partial charge in [0.15, 0.2) is 0 Å². The van der Waals surface area contributed by atoms with E-state index < -0.39 is 6.10 Å². The minimum absolute atomic E-state index is 0.123. The number of β-amino-alcohol motifs (C(OH)–C–C–N with tert-alkyl or cyclic N) is 1. The summed E-state index contributed by atoms with van der Waals surface area (Å²) in [5, 5.41) is 9.88. The van der Waals surface area contributed by atoms with Crippen molar-refractivity contribution in [3.8, 4) is 5.88 Å². The van der Waals surface area contributed by atoms with Crippen LogP contribution in [-0.2, 0) is 0 Å². The number of nitrogens with zero attached hydrogens (tertiary/aromatic N) is 2. The van der Waals surface area contributed by atoms with Crippen LogP contribution in [0.3, 0.4) is 0 Å². The van der Waals surface area contributed by atoms with Gasteiger partial charge in [-0.1, -0.05) is 6.92 Å². The molecule has 2 heterocycles. The molecule has 1 aromatic rings. The highest BCUT2D eigenvalue weighted by atomic mass is 16.5. The Hall–Kier alpha value is -1.62. The molecule has 0 saturated carbocycles. The molecule has 1 N–H and O–H groups in total. The van der Waals surface area contributed by atoms with Crippen LogP contribution in [0.15, 0.2) is 18.3 Å². The van der Waals surface area contributed by atoms with Gasteiger partial charge in [0.05, 0.1) is 12.7 Å². The summed E-state index contributed by atoms with van der Waals surface area (Å²) in [6.07, 6.45) is 1.97. The third-order valence-electron chi connectivity index (χ3n) is 3.49. The van der Waals surface area contributed by atoms with Crippen LogP contribution in [0.25, 0.3) is 0 Å². The van der Waals surface area contributed by atoms with E-state index in [-0.39, 0.29) is 11.8 Å². The van der Waals surface area contributed by atoms with E-state index in [9.17, 15) is 9.90 Å². The Morgan fingerprint density at radius 2 is 2.42 bits per heavy atom. The Morgan fingerprint density at radius 3 is 3.11 bits per heavy atom. The summed E-state index contributed by atoms with van der Waals surface area (Å²) in [4.78, 5) is 18.2. The number of piperidine rings is 1. The van der Waals surface area contributed by atoms with Gasteiger partial charge in [-0.2, -0.15) is 0 Å².